The lowest BCUT2D eigenvalue weighted by Gasteiger charge is -2.35. The number of carboxylic acids is 1. The molecule has 0 aliphatic carbocycles. The molecule has 0 aromatic heterocycles. The lowest BCUT2D eigenvalue weighted by atomic mass is 9.92. The number of carboxylic acid groups (broad SMARTS) is 1. The maximum Gasteiger partial charge on any atom is 0.408 e. The summed E-state index contributed by atoms with van der Waals surface area (Å²) in [5, 5.41) is 14.9. The zero-order valence-electron chi connectivity index (χ0n) is 20.7. The van der Waals surface area contributed by atoms with Gasteiger partial charge in [0.25, 0.3) is 0 Å². The predicted octanol–water partition coefficient (Wildman–Crippen LogP) is 3.11. The van der Waals surface area contributed by atoms with Crippen LogP contribution in [0, 0.1) is 11.8 Å². The number of alkyl carbamates (subject to hydrolysis) is 1. The van der Waals surface area contributed by atoms with E-state index in [9.17, 15) is 24.3 Å². The van der Waals surface area contributed by atoms with Crippen LogP contribution in [0.1, 0.15) is 65.5 Å². The predicted molar refractivity (Wildman–Crippen MR) is 127 cm³/mol. The van der Waals surface area contributed by atoms with Crippen LogP contribution in [0.2, 0.25) is 0 Å². The van der Waals surface area contributed by atoms with E-state index in [-0.39, 0.29) is 17.7 Å². The molecule has 1 aliphatic rings. The molecular formula is C25H37N3O6. The van der Waals surface area contributed by atoms with Gasteiger partial charge in [-0.25, -0.2) is 9.59 Å². The summed E-state index contributed by atoms with van der Waals surface area (Å²) in [6.45, 7) is 9.82. The molecule has 1 aromatic carbocycles. The molecule has 0 radical (unpaired) electrons. The molecule has 188 valence electrons. The molecule has 1 saturated heterocycles. The molecule has 1 aliphatic heterocycles. The van der Waals surface area contributed by atoms with E-state index < -0.39 is 35.7 Å². The van der Waals surface area contributed by atoms with Crippen molar-refractivity contribution in [1.29, 1.82) is 0 Å². The summed E-state index contributed by atoms with van der Waals surface area (Å²) >= 11 is 0. The first kappa shape index (κ1) is 27.1. The number of benzene rings is 1. The van der Waals surface area contributed by atoms with E-state index in [2.05, 4.69) is 10.6 Å². The number of rotatable bonds is 8. The third-order valence-electron chi connectivity index (χ3n) is 6.00. The van der Waals surface area contributed by atoms with Gasteiger partial charge in [0.2, 0.25) is 11.8 Å². The number of hydrogen-bond acceptors (Lipinski definition) is 5. The van der Waals surface area contributed by atoms with Gasteiger partial charge in [0, 0.05) is 19.0 Å². The fourth-order valence-electron chi connectivity index (χ4n) is 3.87. The summed E-state index contributed by atoms with van der Waals surface area (Å²) in [6, 6.07) is 6.70. The van der Waals surface area contributed by atoms with E-state index in [0.717, 1.165) is 0 Å². The number of carbonyl (C=O) groups excluding carboxylic acids is 3. The van der Waals surface area contributed by atoms with Crippen molar-refractivity contribution in [2.24, 2.45) is 11.8 Å². The lowest BCUT2D eigenvalue weighted by molar-refractivity contribution is -0.143. The van der Waals surface area contributed by atoms with Crippen molar-refractivity contribution >= 4 is 23.9 Å². The quantitative estimate of drug-likeness (QED) is 0.531. The number of nitrogens with zero attached hydrogens (tertiary/aromatic N) is 1. The van der Waals surface area contributed by atoms with Gasteiger partial charge in [0.15, 0.2) is 6.04 Å². The van der Waals surface area contributed by atoms with Gasteiger partial charge in [-0.15, -0.1) is 0 Å². The number of amides is 3. The van der Waals surface area contributed by atoms with Gasteiger partial charge in [-0.2, -0.15) is 0 Å². The number of aliphatic carboxylic acids is 1. The normalized spacial score (nSPS) is 17.3. The molecule has 9 heteroatoms. The van der Waals surface area contributed by atoms with Crippen LogP contribution in [0.15, 0.2) is 30.3 Å². The van der Waals surface area contributed by atoms with Crippen LogP contribution >= 0.6 is 0 Å². The van der Waals surface area contributed by atoms with E-state index >= 15 is 0 Å². The molecule has 34 heavy (non-hydrogen) atoms. The Morgan fingerprint density at radius 1 is 1.09 bits per heavy atom. The van der Waals surface area contributed by atoms with Gasteiger partial charge >= 0.3 is 12.1 Å². The standard InChI is InChI=1S/C25H37N3O6/c1-6-16(2)19(27-24(33)34-25(3,4)5)22(30)28-14-12-18(13-15-28)21(29)26-20(23(31)32)17-10-8-7-9-11-17/h7-11,16,18-20H,6,12-15H2,1-5H3,(H,26,29)(H,27,33)(H,31,32)/t16-,19-,20-/m0/s1. The Morgan fingerprint density at radius 2 is 1.68 bits per heavy atom. The molecule has 3 N–H and O–H groups in total. The van der Waals surface area contributed by atoms with E-state index in [1.165, 1.54) is 0 Å². The monoisotopic (exact) mass is 475 g/mol. The van der Waals surface area contributed by atoms with Crippen LogP contribution < -0.4 is 10.6 Å². The van der Waals surface area contributed by atoms with Crippen LogP contribution in [0.25, 0.3) is 0 Å². The third kappa shape index (κ3) is 7.74. The summed E-state index contributed by atoms with van der Waals surface area (Å²) in [6.07, 6.45) is 0.888. The highest BCUT2D eigenvalue weighted by Gasteiger charge is 2.35. The number of ether oxygens (including phenoxy) is 1. The Labute approximate surface area is 201 Å². The molecule has 3 atom stereocenters. The summed E-state index contributed by atoms with van der Waals surface area (Å²) in [5.74, 6) is -2.16. The van der Waals surface area contributed by atoms with Crippen LogP contribution in [0.4, 0.5) is 4.79 Å². The Morgan fingerprint density at radius 3 is 2.18 bits per heavy atom. The van der Waals surface area contributed by atoms with E-state index in [1.807, 2.05) is 13.8 Å². The van der Waals surface area contributed by atoms with Gasteiger partial charge in [-0.05, 0) is 45.1 Å². The van der Waals surface area contributed by atoms with Crippen molar-refractivity contribution in [3.63, 3.8) is 0 Å². The fourth-order valence-corrected chi connectivity index (χ4v) is 3.87. The first-order chi connectivity index (χ1) is 15.9. The Balaban J connectivity index is 1.98. The van der Waals surface area contributed by atoms with E-state index in [1.54, 1.807) is 56.0 Å². The summed E-state index contributed by atoms with van der Waals surface area (Å²) in [5.41, 5.74) is -0.174. The second kappa shape index (κ2) is 11.9. The summed E-state index contributed by atoms with van der Waals surface area (Å²) < 4.78 is 5.32. The van der Waals surface area contributed by atoms with Gasteiger partial charge in [0.1, 0.15) is 11.6 Å². The van der Waals surface area contributed by atoms with Crippen LogP contribution in [-0.2, 0) is 19.1 Å². The molecule has 0 spiro atoms. The first-order valence-corrected chi connectivity index (χ1v) is 11.8. The molecule has 0 saturated carbocycles. The molecule has 1 heterocycles. The summed E-state index contributed by atoms with van der Waals surface area (Å²) in [7, 11) is 0. The van der Waals surface area contributed by atoms with Gasteiger partial charge < -0.3 is 25.4 Å². The second-order valence-electron chi connectivity index (χ2n) is 9.80. The smallest absolute Gasteiger partial charge is 0.408 e. The van der Waals surface area contributed by atoms with Crippen molar-refractivity contribution in [3.05, 3.63) is 35.9 Å². The third-order valence-corrected chi connectivity index (χ3v) is 6.00. The Bertz CT molecular complexity index is 859. The zero-order chi connectivity index (χ0) is 25.5. The highest BCUT2D eigenvalue weighted by Crippen LogP contribution is 2.22. The first-order valence-electron chi connectivity index (χ1n) is 11.8. The average molecular weight is 476 g/mol. The number of nitrogens with one attached hydrogen (secondary N) is 2. The molecule has 1 fully saturated rings. The zero-order valence-corrected chi connectivity index (χ0v) is 20.7. The SMILES string of the molecule is CC[C@H](C)[C@H](NC(=O)OC(C)(C)C)C(=O)N1CCC(C(=O)N[C@H](C(=O)O)c2ccccc2)CC1. The minimum absolute atomic E-state index is 0.0942. The highest BCUT2D eigenvalue weighted by atomic mass is 16.6. The minimum atomic E-state index is -1.13. The molecule has 9 nitrogen and oxygen atoms in total. The minimum Gasteiger partial charge on any atom is -0.479 e. The van der Waals surface area contributed by atoms with Crippen molar-refractivity contribution in [2.45, 2.75) is 71.6 Å². The van der Waals surface area contributed by atoms with Crippen molar-refractivity contribution < 1.29 is 29.0 Å². The molecule has 1 aromatic rings. The number of carbonyl (C=O) groups is 4. The fraction of sp³-hybridized carbons (Fsp3) is 0.600. The number of hydrogen-bond donors (Lipinski definition) is 3. The average Bonchev–Trinajstić information content (AvgIpc) is 2.79. The van der Waals surface area contributed by atoms with Crippen LogP contribution in [-0.4, -0.2) is 58.6 Å². The maximum atomic E-state index is 13.2. The van der Waals surface area contributed by atoms with E-state index in [4.69, 9.17) is 4.74 Å². The van der Waals surface area contributed by atoms with Crippen molar-refractivity contribution in [2.75, 3.05) is 13.1 Å². The highest BCUT2D eigenvalue weighted by molar-refractivity contribution is 5.88. The van der Waals surface area contributed by atoms with Crippen LogP contribution in [0.5, 0.6) is 0 Å². The second-order valence-corrected chi connectivity index (χ2v) is 9.80. The van der Waals surface area contributed by atoms with Crippen LogP contribution in [0.3, 0.4) is 0 Å². The largest absolute Gasteiger partial charge is 0.479 e. The van der Waals surface area contributed by atoms with E-state index in [0.29, 0.717) is 37.9 Å². The number of piperidine rings is 1. The number of likely N-dealkylation sites (tertiary alicyclic amines) is 1. The topological polar surface area (TPSA) is 125 Å². The molecular weight excluding hydrogens is 438 g/mol. The Hall–Kier alpha value is -3.10. The van der Waals surface area contributed by atoms with Crippen molar-refractivity contribution in [1.82, 2.24) is 15.5 Å². The molecule has 3 amide bonds. The lowest BCUT2D eigenvalue weighted by Crippen LogP contribution is -2.54. The maximum absolute atomic E-state index is 13.2. The molecule has 0 bridgehead atoms. The van der Waals surface area contributed by atoms with Gasteiger partial charge in [-0.1, -0.05) is 50.6 Å². The van der Waals surface area contributed by atoms with Gasteiger partial charge in [-0.3, -0.25) is 9.59 Å². The van der Waals surface area contributed by atoms with Gasteiger partial charge in [0.05, 0.1) is 0 Å². The molecule has 0 unspecified atom stereocenters. The molecule has 2 rings (SSSR count). The Kier molecular flexibility index (Phi) is 9.46. The van der Waals surface area contributed by atoms with Crippen molar-refractivity contribution in [3.8, 4) is 0 Å². The summed E-state index contributed by atoms with van der Waals surface area (Å²) in [4.78, 5) is 51.6.